The highest BCUT2D eigenvalue weighted by atomic mass is 79.9. The van der Waals surface area contributed by atoms with Gasteiger partial charge in [-0.05, 0) is 35.2 Å². The lowest BCUT2D eigenvalue weighted by molar-refractivity contribution is 0.129. The fourth-order valence-corrected chi connectivity index (χ4v) is 4.15. The zero-order valence-corrected chi connectivity index (χ0v) is 12.8. The van der Waals surface area contributed by atoms with Crippen LogP contribution in [0.15, 0.2) is 4.47 Å². The molecule has 17 heavy (non-hydrogen) atoms. The Morgan fingerprint density at radius 2 is 2.41 bits per heavy atom. The van der Waals surface area contributed by atoms with E-state index in [2.05, 4.69) is 28.0 Å². The van der Waals surface area contributed by atoms with Crippen molar-refractivity contribution in [3.63, 3.8) is 0 Å². The first-order valence-electron chi connectivity index (χ1n) is 6.12. The quantitative estimate of drug-likeness (QED) is 0.834. The molecule has 0 radical (unpaired) electrons. The third-order valence-corrected chi connectivity index (χ3v) is 5.07. The van der Waals surface area contributed by atoms with E-state index in [1.807, 2.05) is 23.5 Å². The van der Waals surface area contributed by atoms with Gasteiger partial charge in [0, 0.05) is 25.2 Å². The van der Waals surface area contributed by atoms with Gasteiger partial charge in [-0.2, -0.15) is 16.9 Å². The Morgan fingerprint density at radius 3 is 3.00 bits per heavy atom. The number of aromatic nitrogens is 2. The van der Waals surface area contributed by atoms with Gasteiger partial charge in [-0.15, -0.1) is 0 Å². The van der Waals surface area contributed by atoms with Crippen LogP contribution in [0.3, 0.4) is 0 Å². The van der Waals surface area contributed by atoms with Gasteiger partial charge in [0.25, 0.3) is 0 Å². The summed E-state index contributed by atoms with van der Waals surface area (Å²) >= 11 is 5.59. The van der Waals surface area contributed by atoms with Crippen LogP contribution in [0.4, 0.5) is 0 Å². The van der Waals surface area contributed by atoms with Crippen molar-refractivity contribution < 1.29 is 4.74 Å². The minimum Gasteiger partial charge on any atom is -0.377 e. The van der Waals surface area contributed by atoms with Gasteiger partial charge in [0.2, 0.25) is 0 Å². The summed E-state index contributed by atoms with van der Waals surface area (Å²) in [6.45, 7) is 3.08. The number of halogens is 1. The second-order valence-corrected chi connectivity index (χ2v) is 6.16. The summed E-state index contributed by atoms with van der Waals surface area (Å²) in [4.78, 5) is 0. The van der Waals surface area contributed by atoms with Gasteiger partial charge < -0.3 is 4.74 Å². The van der Waals surface area contributed by atoms with Gasteiger partial charge in [0.05, 0.1) is 22.0 Å². The monoisotopic (exact) mass is 318 g/mol. The molecular formula is C12H19BrN2OS. The van der Waals surface area contributed by atoms with E-state index in [4.69, 9.17) is 4.74 Å². The Bertz CT molecular complexity index is 375. The third-order valence-electron chi connectivity index (χ3n) is 3.07. The summed E-state index contributed by atoms with van der Waals surface area (Å²) in [5, 5.41) is 4.50. The third kappa shape index (κ3) is 3.26. The van der Waals surface area contributed by atoms with Crippen LogP contribution in [0.5, 0.6) is 0 Å². The summed E-state index contributed by atoms with van der Waals surface area (Å²) in [6.07, 6.45) is 3.89. The molecule has 1 aromatic rings. The van der Waals surface area contributed by atoms with Crippen molar-refractivity contribution in [1.82, 2.24) is 9.78 Å². The first-order valence-corrected chi connectivity index (χ1v) is 8.06. The Labute approximate surface area is 115 Å². The van der Waals surface area contributed by atoms with Crippen molar-refractivity contribution in [1.29, 1.82) is 0 Å². The van der Waals surface area contributed by atoms with E-state index in [1.165, 1.54) is 23.0 Å². The van der Waals surface area contributed by atoms with E-state index in [-0.39, 0.29) is 0 Å². The minimum atomic E-state index is 0.470. The number of nitrogens with zero attached hydrogens (tertiary/aromatic N) is 2. The fourth-order valence-electron chi connectivity index (χ4n) is 2.04. The highest BCUT2D eigenvalue weighted by Crippen LogP contribution is 2.26. The van der Waals surface area contributed by atoms with Crippen molar-refractivity contribution in [3.05, 3.63) is 15.9 Å². The Balaban J connectivity index is 1.87. The molecule has 0 saturated carbocycles. The molecule has 96 valence electrons. The molecular weight excluding hydrogens is 300 g/mol. The van der Waals surface area contributed by atoms with Crippen molar-refractivity contribution >= 4 is 27.7 Å². The maximum absolute atomic E-state index is 5.62. The largest absolute Gasteiger partial charge is 0.377 e. The number of rotatable bonds is 5. The van der Waals surface area contributed by atoms with Gasteiger partial charge >= 0.3 is 0 Å². The van der Waals surface area contributed by atoms with Crippen molar-refractivity contribution in [3.8, 4) is 0 Å². The van der Waals surface area contributed by atoms with E-state index < -0.39 is 0 Å². The zero-order chi connectivity index (χ0) is 12.3. The van der Waals surface area contributed by atoms with Gasteiger partial charge in [-0.1, -0.05) is 6.92 Å². The SMILES string of the molecule is CCc1nn(C)c(CSCC2CCCO2)c1Br. The standard InChI is InChI=1S/C12H19BrN2OS/c1-3-10-12(13)11(15(2)14-10)8-17-7-9-5-4-6-16-9/h9H,3-8H2,1-2H3. The van der Waals surface area contributed by atoms with Crippen LogP contribution < -0.4 is 0 Å². The predicted molar refractivity (Wildman–Crippen MR) is 75.4 cm³/mol. The van der Waals surface area contributed by atoms with Crippen LogP contribution in [0.25, 0.3) is 0 Å². The van der Waals surface area contributed by atoms with Gasteiger partial charge in [-0.3, -0.25) is 4.68 Å². The second-order valence-electron chi connectivity index (χ2n) is 4.33. The van der Waals surface area contributed by atoms with Crippen LogP contribution in [0.1, 0.15) is 31.2 Å². The lowest BCUT2D eigenvalue weighted by atomic mass is 10.3. The van der Waals surface area contributed by atoms with E-state index in [1.54, 1.807) is 0 Å². The number of hydrogen-bond donors (Lipinski definition) is 0. The molecule has 1 fully saturated rings. The van der Waals surface area contributed by atoms with Crippen LogP contribution in [-0.2, 0) is 24.0 Å². The molecule has 3 nitrogen and oxygen atoms in total. The molecule has 2 heterocycles. The number of hydrogen-bond acceptors (Lipinski definition) is 3. The number of ether oxygens (including phenoxy) is 1. The van der Waals surface area contributed by atoms with E-state index >= 15 is 0 Å². The molecule has 0 amide bonds. The minimum absolute atomic E-state index is 0.470. The van der Waals surface area contributed by atoms with Crippen LogP contribution in [0, 0.1) is 0 Å². The summed E-state index contributed by atoms with van der Waals surface area (Å²) in [5.74, 6) is 2.10. The topological polar surface area (TPSA) is 27.1 Å². The number of aryl methyl sites for hydroxylation is 2. The van der Waals surface area contributed by atoms with Gasteiger partial charge in [0.1, 0.15) is 0 Å². The molecule has 0 spiro atoms. The Morgan fingerprint density at radius 1 is 1.59 bits per heavy atom. The van der Waals surface area contributed by atoms with Crippen molar-refractivity contribution in [2.45, 2.75) is 38.0 Å². The highest BCUT2D eigenvalue weighted by Gasteiger charge is 2.17. The number of thioether (sulfide) groups is 1. The second kappa shape index (κ2) is 6.25. The first kappa shape index (κ1) is 13.4. The fraction of sp³-hybridized carbons (Fsp3) is 0.750. The van der Waals surface area contributed by atoms with E-state index in [9.17, 15) is 0 Å². The Kier molecular flexibility index (Phi) is 4.94. The summed E-state index contributed by atoms with van der Waals surface area (Å²) in [5.41, 5.74) is 2.44. The molecule has 1 aliphatic heterocycles. The molecule has 0 aliphatic carbocycles. The molecule has 1 saturated heterocycles. The van der Waals surface area contributed by atoms with Crippen molar-refractivity contribution in [2.75, 3.05) is 12.4 Å². The van der Waals surface area contributed by atoms with Crippen LogP contribution in [-0.4, -0.2) is 28.2 Å². The molecule has 0 bridgehead atoms. The molecule has 1 unspecified atom stereocenters. The molecule has 1 aromatic heterocycles. The van der Waals surface area contributed by atoms with Crippen LogP contribution >= 0.6 is 27.7 Å². The molecule has 1 atom stereocenters. The maximum Gasteiger partial charge on any atom is 0.0767 e. The molecule has 5 heteroatoms. The average molecular weight is 319 g/mol. The van der Waals surface area contributed by atoms with Crippen LogP contribution in [0.2, 0.25) is 0 Å². The van der Waals surface area contributed by atoms with Gasteiger partial charge in [-0.25, -0.2) is 0 Å². The lowest BCUT2D eigenvalue weighted by Crippen LogP contribution is -2.08. The zero-order valence-electron chi connectivity index (χ0n) is 10.4. The predicted octanol–water partition coefficient (Wildman–Crippen LogP) is 3.16. The summed E-state index contributed by atoms with van der Waals surface area (Å²) in [6, 6.07) is 0. The van der Waals surface area contributed by atoms with E-state index in [0.717, 1.165) is 30.2 Å². The van der Waals surface area contributed by atoms with Crippen molar-refractivity contribution in [2.24, 2.45) is 7.05 Å². The maximum atomic E-state index is 5.62. The first-order chi connectivity index (χ1) is 8.22. The molecule has 0 aromatic carbocycles. The lowest BCUT2D eigenvalue weighted by Gasteiger charge is -2.08. The summed E-state index contributed by atoms with van der Waals surface area (Å²) < 4.78 is 8.80. The molecule has 0 N–H and O–H groups in total. The highest BCUT2D eigenvalue weighted by molar-refractivity contribution is 9.10. The smallest absolute Gasteiger partial charge is 0.0767 e. The average Bonchev–Trinajstić information content (AvgIpc) is 2.91. The normalized spacial score (nSPS) is 20.1. The Hall–Kier alpha value is -0.0000000000000000555. The van der Waals surface area contributed by atoms with E-state index in [0.29, 0.717) is 6.10 Å². The van der Waals surface area contributed by atoms with Gasteiger partial charge in [0.15, 0.2) is 0 Å². The molecule has 1 aliphatic rings. The molecule has 2 rings (SSSR count). The summed E-state index contributed by atoms with van der Waals surface area (Å²) in [7, 11) is 2.02.